The summed E-state index contributed by atoms with van der Waals surface area (Å²) in [6.07, 6.45) is 6.99. The van der Waals surface area contributed by atoms with E-state index >= 15 is 0 Å². The number of rotatable bonds is 3. The summed E-state index contributed by atoms with van der Waals surface area (Å²) in [7, 11) is 1.83. The van der Waals surface area contributed by atoms with Crippen molar-refractivity contribution in [2.45, 2.75) is 13.8 Å². The van der Waals surface area contributed by atoms with Crippen LogP contribution in [-0.4, -0.2) is 20.7 Å². The van der Waals surface area contributed by atoms with Gasteiger partial charge in [0.25, 0.3) is 5.91 Å². The number of carbonyl (C=O) groups excluding carboxylic acids is 1. The van der Waals surface area contributed by atoms with Crippen molar-refractivity contribution in [1.82, 2.24) is 14.8 Å². The molecule has 2 N–H and O–H groups in total. The fourth-order valence-corrected chi connectivity index (χ4v) is 3.42. The van der Waals surface area contributed by atoms with Crippen LogP contribution in [0.4, 0.5) is 11.4 Å². The van der Waals surface area contributed by atoms with Crippen molar-refractivity contribution in [3.63, 3.8) is 0 Å². The van der Waals surface area contributed by atoms with E-state index in [0.717, 1.165) is 27.9 Å². The maximum atomic E-state index is 12.7. The Labute approximate surface area is 162 Å². The number of aromatic nitrogens is 3. The van der Waals surface area contributed by atoms with Gasteiger partial charge < -0.3 is 10.6 Å². The van der Waals surface area contributed by atoms with E-state index in [4.69, 9.17) is 0 Å². The summed E-state index contributed by atoms with van der Waals surface area (Å²) in [4.78, 5) is 16.8. The molecule has 0 fully saturated rings. The lowest BCUT2D eigenvalue weighted by Crippen LogP contribution is -2.08. The van der Waals surface area contributed by atoms with Crippen molar-refractivity contribution < 1.29 is 4.79 Å². The molecule has 0 spiro atoms. The topological polar surface area (TPSA) is 95.6 Å². The first-order valence-corrected chi connectivity index (χ1v) is 8.75. The van der Waals surface area contributed by atoms with Crippen LogP contribution in [0.2, 0.25) is 0 Å². The second-order valence-corrected chi connectivity index (χ2v) is 6.73. The van der Waals surface area contributed by atoms with E-state index in [2.05, 4.69) is 26.8 Å². The van der Waals surface area contributed by atoms with Gasteiger partial charge in [-0.15, -0.1) is 0 Å². The smallest absolute Gasteiger partial charge is 0.258 e. The van der Waals surface area contributed by atoms with E-state index in [1.54, 1.807) is 29.3 Å². The van der Waals surface area contributed by atoms with Crippen LogP contribution in [0.25, 0.3) is 16.7 Å². The van der Waals surface area contributed by atoms with Gasteiger partial charge in [-0.1, -0.05) is 0 Å². The molecule has 0 radical (unpaired) electrons. The van der Waals surface area contributed by atoms with Gasteiger partial charge in [0.2, 0.25) is 0 Å². The fraction of sp³-hybridized carbons (Fsp3) is 0.143. The number of benzene rings is 1. The number of pyridine rings is 1. The highest BCUT2D eigenvalue weighted by molar-refractivity contribution is 6.32. The molecular formula is C21H18N6O. The molecule has 0 saturated heterocycles. The minimum atomic E-state index is -0.201. The number of anilines is 2. The molecule has 7 heteroatoms. The number of amides is 1. The summed E-state index contributed by atoms with van der Waals surface area (Å²) in [6.45, 7) is 3.82. The minimum absolute atomic E-state index is 0.201. The highest BCUT2D eigenvalue weighted by atomic mass is 16.2. The van der Waals surface area contributed by atoms with E-state index in [-0.39, 0.29) is 5.91 Å². The zero-order chi connectivity index (χ0) is 19.8. The van der Waals surface area contributed by atoms with Gasteiger partial charge in [-0.25, -0.2) is 0 Å². The van der Waals surface area contributed by atoms with Crippen LogP contribution in [0.3, 0.4) is 0 Å². The first kappa shape index (κ1) is 17.5. The summed E-state index contributed by atoms with van der Waals surface area (Å²) in [5.74, 6) is -0.201. The van der Waals surface area contributed by atoms with Gasteiger partial charge in [0.05, 0.1) is 34.8 Å². The van der Waals surface area contributed by atoms with E-state index < -0.39 is 0 Å². The lowest BCUT2D eigenvalue weighted by Gasteiger charge is -2.11. The van der Waals surface area contributed by atoms with Crippen molar-refractivity contribution >= 4 is 22.9 Å². The van der Waals surface area contributed by atoms with Gasteiger partial charge in [-0.05, 0) is 37.6 Å². The maximum absolute atomic E-state index is 12.7. The summed E-state index contributed by atoms with van der Waals surface area (Å²) in [6, 6.07) is 7.74. The van der Waals surface area contributed by atoms with Crippen molar-refractivity contribution in [2.24, 2.45) is 7.05 Å². The van der Waals surface area contributed by atoms with Crippen LogP contribution < -0.4 is 10.6 Å². The van der Waals surface area contributed by atoms with Crippen LogP contribution in [0, 0.1) is 18.3 Å². The number of allylic oxidation sites excluding steroid dienone is 1. The van der Waals surface area contributed by atoms with Gasteiger partial charge in [0, 0.05) is 48.0 Å². The summed E-state index contributed by atoms with van der Waals surface area (Å²) < 4.78 is 1.69. The molecule has 1 amide bonds. The van der Waals surface area contributed by atoms with E-state index in [9.17, 15) is 10.1 Å². The molecule has 0 aliphatic carbocycles. The number of hydrogen-bond donors (Lipinski definition) is 2. The number of hydrogen-bond acceptors (Lipinski definition) is 5. The van der Waals surface area contributed by atoms with Gasteiger partial charge in [-0.2, -0.15) is 10.4 Å². The molecule has 1 aliphatic heterocycles. The van der Waals surface area contributed by atoms with Crippen molar-refractivity contribution in [3.8, 4) is 17.2 Å². The molecule has 0 saturated carbocycles. The summed E-state index contributed by atoms with van der Waals surface area (Å²) in [5.41, 5.74) is 6.59. The van der Waals surface area contributed by atoms with Gasteiger partial charge in [0.1, 0.15) is 0 Å². The van der Waals surface area contributed by atoms with Crippen LogP contribution in [-0.2, 0) is 11.8 Å². The molecule has 1 aromatic carbocycles. The van der Waals surface area contributed by atoms with E-state index in [0.29, 0.717) is 22.5 Å². The highest BCUT2D eigenvalue weighted by Gasteiger charge is 2.28. The minimum Gasteiger partial charge on any atom is -0.356 e. The van der Waals surface area contributed by atoms with Crippen molar-refractivity contribution in [1.29, 1.82) is 5.26 Å². The Bertz CT molecular complexity index is 1180. The van der Waals surface area contributed by atoms with Crippen LogP contribution in [0.5, 0.6) is 0 Å². The van der Waals surface area contributed by atoms with Crippen molar-refractivity contribution in [2.75, 3.05) is 10.6 Å². The number of nitrogens with one attached hydrogen (secondary N) is 2. The first-order chi connectivity index (χ1) is 13.5. The molecule has 4 rings (SSSR count). The summed E-state index contributed by atoms with van der Waals surface area (Å²) >= 11 is 0. The third kappa shape index (κ3) is 2.91. The highest BCUT2D eigenvalue weighted by Crippen LogP contribution is 2.39. The normalized spacial score (nSPS) is 14.3. The molecule has 0 atom stereocenters. The van der Waals surface area contributed by atoms with Crippen LogP contribution in [0.1, 0.15) is 23.6 Å². The lowest BCUT2D eigenvalue weighted by molar-refractivity contribution is -0.110. The average molecular weight is 370 g/mol. The first-order valence-electron chi connectivity index (χ1n) is 8.75. The Kier molecular flexibility index (Phi) is 4.17. The molecule has 2 aromatic heterocycles. The van der Waals surface area contributed by atoms with E-state index in [1.807, 2.05) is 39.2 Å². The predicted octanol–water partition coefficient (Wildman–Crippen LogP) is 3.46. The monoisotopic (exact) mass is 370 g/mol. The van der Waals surface area contributed by atoms with Crippen molar-refractivity contribution in [3.05, 3.63) is 65.4 Å². The molecule has 7 nitrogen and oxygen atoms in total. The molecule has 138 valence electrons. The quantitative estimate of drug-likeness (QED) is 0.689. The third-order valence-corrected chi connectivity index (χ3v) is 4.76. The Morgan fingerprint density at radius 3 is 2.75 bits per heavy atom. The Morgan fingerprint density at radius 2 is 2.07 bits per heavy atom. The zero-order valence-corrected chi connectivity index (χ0v) is 15.7. The Morgan fingerprint density at radius 1 is 1.25 bits per heavy atom. The molecule has 3 aromatic rings. The predicted molar refractivity (Wildman–Crippen MR) is 107 cm³/mol. The number of nitriles is 1. The molecule has 0 bridgehead atoms. The third-order valence-electron chi connectivity index (χ3n) is 4.76. The van der Waals surface area contributed by atoms with Crippen LogP contribution in [0.15, 0.2) is 48.7 Å². The van der Waals surface area contributed by atoms with E-state index in [1.165, 1.54) is 0 Å². The SMILES string of the molecule is C/C(Nc1cnn(C)c1)=C1/C(=O)Nc2cc(C#N)c(-c3cnccc3C)cc21. The number of fused-ring (bicyclic) bond motifs is 1. The molecule has 0 unspecified atom stereocenters. The largest absolute Gasteiger partial charge is 0.356 e. The molecule has 28 heavy (non-hydrogen) atoms. The lowest BCUT2D eigenvalue weighted by atomic mass is 9.93. The maximum Gasteiger partial charge on any atom is 0.258 e. The number of aryl methyl sites for hydroxylation is 2. The average Bonchev–Trinajstić information content (AvgIpc) is 3.22. The second-order valence-electron chi connectivity index (χ2n) is 6.73. The Balaban J connectivity index is 1.86. The second kappa shape index (κ2) is 6.67. The van der Waals surface area contributed by atoms with Gasteiger partial charge >= 0.3 is 0 Å². The van der Waals surface area contributed by atoms with Gasteiger partial charge in [-0.3, -0.25) is 14.5 Å². The van der Waals surface area contributed by atoms with Gasteiger partial charge in [0.15, 0.2) is 0 Å². The standard InChI is InChI=1S/C21H18N6O/c1-12-4-5-23-10-18(12)16-7-17-19(6-14(16)8-22)26-21(28)20(17)13(2)25-15-9-24-27(3)11-15/h4-7,9-11,25H,1-3H3,(H,26,28)/b20-13-. The molecule has 3 heterocycles. The number of carbonyl (C=O) groups is 1. The number of nitrogens with zero attached hydrogens (tertiary/aromatic N) is 4. The Hall–Kier alpha value is -3.92. The summed E-state index contributed by atoms with van der Waals surface area (Å²) in [5, 5.41) is 19.9. The van der Waals surface area contributed by atoms with Crippen LogP contribution >= 0.6 is 0 Å². The molecule has 1 aliphatic rings. The zero-order valence-electron chi connectivity index (χ0n) is 15.7. The fourth-order valence-electron chi connectivity index (χ4n) is 3.42. The molecular weight excluding hydrogens is 352 g/mol.